The first-order valence-electron chi connectivity index (χ1n) is 6.66. The lowest BCUT2D eigenvalue weighted by atomic mass is 10.1. The van der Waals surface area contributed by atoms with Crippen LogP contribution in [-0.2, 0) is 4.74 Å². The highest BCUT2D eigenvalue weighted by Crippen LogP contribution is 2.17. The maximum absolute atomic E-state index is 5.03. The number of rotatable bonds is 7. The standard InChI is InChI=1S/C13H27NO/c1-15-12-8-4-7-11-14-13-9-5-2-3-6-10-13/h13-14H,2-12H2,1H3. The molecule has 1 saturated carbocycles. The lowest BCUT2D eigenvalue weighted by molar-refractivity contribution is 0.192. The van der Waals surface area contributed by atoms with Gasteiger partial charge in [0, 0.05) is 19.8 Å². The summed E-state index contributed by atoms with van der Waals surface area (Å²) < 4.78 is 5.03. The van der Waals surface area contributed by atoms with Crippen LogP contribution in [0.5, 0.6) is 0 Å². The van der Waals surface area contributed by atoms with Crippen LogP contribution in [0.4, 0.5) is 0 Å². The molecule has 0 amide bonds. The number of ether oxygens (including phenoxy) is 1. The van der Waals surface area contributed by atoms with Crippen molar-refractivity contribution in [3.8, 4) is 0 Å². The Kier molecular flexibility index (Phi) is 7.94. The number of unbranched alkanes of at least 4 members (excludes halogenated alkanes) is 2. The molecular weight excluding hydrogens is 186 g/mol. The Labute approximate surface area is 94.8 Å². The second kappa shape index (κ2) is 9.17. The maximum Gasteiger partial charge on any atom is 0.0462 e. The summed E-state index contributed by atoms with van der Waals surface area (Å²) in [4.78, 5) is 0. The fraction of sp³-hybridized carbons (Fsp3) is 1.00. The van der Waals surface area contributed by atoms with E-state index in [4.69, 9.17) is 4.74 Å². The Morgan fingerprint density at radius 2 is 1.73 bits per heavy atom. The van der Waals surface area contributed by atoms with Gasteiger partial charge in [-0.2, -0.15) is 0 Å². The minimum Gasteiger partial charge on any atom is -0.385 e. The van der Waals surface area contributed by atoms with E-state index in [1.165, 1.54) is 64.3 Å². The molecule has 2 nitrogen and oxygen atoms in total. The summed E-state index contributed by atoms with van der Waals surface area (Å²) >= 11 is 0. The van der Waals surface area contributed by atoms with Gasteiger partial charge >= 0.3 is 0 Å². The van der Waals surface area contributed by atoms with Crippen LogP contribution in [0.25, 0.3) is 0 Å². The van der Waals surface area contributed by atoms with Gasteiger partial charge in [0.2, 0.25) is 0 Å². The molecule has 15 heavy (non-hydrogen) atoms. The minimum atomic E-state index is 0.815. The smallest absolute Gasteiger partial charge is 0.0462 e. The van der Waals surface area contributed by atoms with Crippen molar-refractivity contribution < 1.29 is 4.74 Å². The molecule has 0 aromatic rings. The van der Waals surface area contributed by atoms with Gasteiger partial charge in [0.05, 0.1) is 0 Å². The van der Waals surface area contributed by atoms with Crippen molar-refractivity contribution in [2.45, 2.75) is 63.8 Å². The first-order chi connectivity index (χ1) is 7.43. The quantitative estimate of drug-likeness (QED) is 0.518. The van der Waals surface area contributed by atoms with Crippen molar-refractivity contribution in [1.82, 2.24) is 5.32 Å². The first kappa shape index (κ1) is 13.0. The average molecular weight is 213 g/mol. The predicted molar refractivity (Wildman–Crippen MR) is 65.2 cm³/mol. The minimum absolute atomic E-state index is 0.815. The van der Waals surface area contributed by atoms with Crippen LogP contribution in [0.1, 0.15) is 57.8 Å². The summed E-state index contributed by atoms with van der Waals surface area (Å²) in [6, 6.07) is 0.815. The molecule has 0 saturated heterocycles. The highest BCUT2D eigenvalue weighted by Gasteiger charge is 2.10. The highest BCUT2D eigenvalue weighted by atomic mass is 16.5. The topological polar surface area (TPSA) is 21.3 Å². The van der Waals surface area contributed by atoms with Crippen LogP contribution in [0, 0.1) is 0 Å². The predicted octanol–water partition coefficient (Wildman–Crippen LogP) is 3.12. The summed E-state index contributed by atoms with van der Waals surface area (Å²) in [6.07, 6.45) is 12.4. The molecule has 1 N–H and O–H groups in total. The summed E-state index contributed by atoms with van der Waals surface area (Å²) in [7, 11) is 1.78. The zero-order valence-electron chi connectivity index (χ0n) is 10.3. The molecule has 0 heterocycles. The third-order valence-corrected chi connectivity index (χ3v) is 3.31. The van der Waals surface area contributed by atoms with E-state index in [1.807, 2.05) is 0 Å². The molecule has 0 aromatic carbocycles. The molecule has 1 rings (SSSR count). The third-order valence-electron chi connectivity index (χ3n) is 3.31. The fourth-order valence-electron chi connectivity index (χ4n) is 2.34. The van der Waals surface area contributed by atoms with Crippen LogP contribution < -0.4 is 5.32 Å². The molecule has 1 fully saturated rings. The Bertz CT molecular complexity index is 130. The van der Waals surface area contributed by atoms with Crippen LogP contribution in [0.2, 0.25) is 0 Å². The summed E-state index contributed by atoms with van der Waals surface area (Å²) in [5, 5.41) is 3.70. The van der Waals surface area contributed by atoms with Crippen molar-refractivity contribution in [1.29, 1.82) is 0 Å². The Balaban J connectivity index is 1.89. The van der Waals surface area contributed by atoms with Crippen LogP contribution >= 0.6 is 0 Å². The van der Waals surface area contributed by atoms with Gasteiger partial charge in [-0.15, -0.1) is 0 Å². The van der Waals surface area contributed by atoms with E-state index in [2.05, 4.69) is 5.32 Å². The normalized spacial score (nSPS) is 19.0. The van der Waals surface area contributed by atoms with E-state index in [1.54, 1.807) is 7.11 Å². The molecule has 0 spiro atoms. The molecule has 0 aromatic heterocycles. The van der Waals surface area contributed by atoms with Crippen LogP contribution in [0.3, 0.4) is 0 Å². The average Bonchev–Trinajstić information content (AvgIpc) is 2.52. The second-order valence-corrected chi connectivity index (χ2v) is 4.70. The molecule has 0 radical (unpaired) electrons. The zero-order valence-corrected chi connectivity index (χ0v) is 10.3. The number of hydrogen-bond donors (Lipinski definition) is 1. The van der Waals surface area contributed by atoms with E-state index in [9.17, 15) is 0 Å². The fourth-order valence-corrected chi connectivity index (χ4v) is 2.34. The second-order valence-electron chi connectivity index (χ2n) is 4.70. The molecule has 0 unspecified atom stereocenters. The van der Waals surface area contributed by atoms with E-state index in [-0.39, 0.29) is 0 Å². The van der Waals surface area contributed by atoms with Gasteiger partial charge in [-0.1, -0.05) is 25.7 Å². The summed E-state index contributed by atoms with van der Waals surface area (Å²) in [5.41, 5.74) is 0. The lowest BCUT2D eigenvalue weighted by Gasteiger charge is -2.15. The number of hydrogen-bond acceptors (Lipinski definition) is 2. The van der Waals surface area contributed by atoms with Crippen molar-refractivity contribution in [2.24, 2.45) is 0 Å². The largest absolute Gasteiger partial charge is 0.385 e. The van der Waals surface area contributed by atoms with Gasteiger partial charge < -0.3 is 10.1 Å². The summed E-state index contributed by atoms with van der Waals surface area (Å²) in [6.45, 7) is 2.12. The Morgan fingerprint density at radius 1 is 1.00 bits per heavy atom. The van der Waals surface area contributed by atoms with Crippen molar-refractivity contribution in [3.05, 3.63) is 0 Å². The molecule has 2 heteroatoms. The van der Waals surface area contributed by atoms with E-state index >= 15 is 0 Å². The maximum atomic E-state index is 5.03. The Morgan fingerprint density at radius 3 is 2.40 bits per heavy atom. The van der Waals surface area contributed by atoms with Gasteiger partial charge in [-0.3, -0.25) is 0 Å². The third kappa shape index (κ3) is 6.91. The molecule has 0 atom stereocenters. The van der Waals surface area contributed by atoms with Gasteiger partial charge in [-0.05, 0) is 38.6 Å². The molecular formula is C13H27NO. The van der Waals surface area contributed by atoms with Gasteiger partial charge in [0.15, 0.2) is 0 Å². The van der Waals surface area contributed by atoms with E-state index in [0.717, 1.165) is 12.6 Å². The van der Waals surface area contributed by atoms with Gasteiger partial charge in [0.25, 0.3) is 0 Å². The molecule has 90 valence electrons. The van der Waals surface area contributed by atoms with Crippen molar-refractivity contribution >= 4 is 0 Å². The SMILES string of the molecule is COCCCCCNC1CCCCCC1. The van der Waals surface area contributed by atoms with Crippen LogP contribution in [0.15, 0.2) is 0 Å². The van der Waals surface area contributed by atoms with E-state index in [0.29, 0.717) is 0 Å². The number of methoxy groups -OCH3 is 1. The van der Waals surface area contributed by atoms with Crippen molar-refractivity contribution in [2.75, 3.05) is 20.3 Å². The molecule has 1 aliphatic carbocycles. The first-order valence-corrected chi connectivity index (χ1v) is 6.66. The zero-order chi connectivity index (χ0) is 10.8. The summed E-state index contributed by atoms with van der Waals surface area (Å²) in [5.74, 6) is 0. The van der Waals surface area contributed by atoms with E-state index < -0.39 is 0 Å². The number of nitrogens with one attached hydrogen (secondary N) is 1. The molecule has 0 bridgehead atoms. The highest BCUT2D eigenvalue weighted by molar-refractivity contribution is 4.70. The molecule has 1 aliphatic rings. The monoisotopic (exact) mass is 213 g/mol. The van der Waals surface area contributed by atoms with Gasteiger partial charge in [-0.25, -0.2) is 0 Å². The lowest BCUT2D eigenvalue weighted by Crippen LogP contribution is -2.29. The van der Waals surface area contributed by atoms with Crippen molar-refractivity contribution in [3.63, 3.8) is 0 Å². The van der Waals surface area contributed by atoms with Crippen LogP contribution in [-0.4, -0.2) is 26.3 Å². The molecule has 0 aliphatic heterocycles. The Hall–Kier alpha value is -0.0800. The van der Waals surface area contributed by atoms with Gasteiger partial charge in [0.1, 0.15) is 0 Å².